The molecule has 1 atom stereocenters. The summed E-state index contributed by atoms with van der Waals surface area (Å²) in [5, 5.41) is 0. The summed E-state index contributed by atoms with van der Waals surface area (Å²) < 4.78 is 45.2. The van der Waals surface area contributed by atoms with Gasteiger partial charge in [0.05, 0.1) is 17.7 Å². The molecule has 7 heteroatoms. The van der Waals surface area contributed by atoms with Crippen LogP contribution < -0.4 is 15.2 Å². The van der Waals surface area contributed by atoms with Crippen molar-refractivity contribution >= 4 is 15.7 Å². The Morgan fingerprint density at radius 1 is 1.50 bits per heavy atom. The second-order valence-electron chi connectivity index (χ2n) is 5.19. The SMILES string of the molecule is COc1c(N)cc(S(=O)(=O)NCC(C)C2CC2)cc1F. The molecule has 0 radical (unpaired) electrons. The van der Waals surface area contributed by atoms with Crippen molar-refractivity contribution in [1.29, 1.82) is 0 Å². The number of halogens is 1. The molecule has 1 aliphatic carbocycles. The number of benzene rings is 1. The van der Waals surface area contributed by atoms with Crippen molar-refractivity contribution in [2.75, 3.05) is 19.4 Å². The van der Waals surface area contributed by atoms with Gasteiger partial charge in [0.1, 0.15) is 0 Å². The highest BCUT2D eigenvalue weighted by molar-refractivity contribution is 7.89. The molecule has 0 spiro atoms. The highest BCUT2D eigenvalue weighted by atomic mass is 32.2. The van der Waals surface area contributed by atoms with Crippen molar-refractivity contribution in [3.63, 3.8) is 0 Å². The van der Waals surface area contributed by atoms with E-state index in [1.54, 1.807) is 0 Å². The summed E-state index contributed by atoms with van der Waals surface area (Å²) in [5.74, 6) is -0.0565. The summed E-state index contributed by atoms with van der Waals surface area (Å²) in [6.07, 6.45) is 2.29. The van der Waals surface area contributed by atoms with Gasteiger partial charge in [-0.1, -0.05) is 6.92 Å². The number of rotatable bonds is 6. The van der Waals surface area contributed by atoms with E-state index in [2.05, 4.69) is 4.72 Å². The molecule has 2 rings (SSSR count). The van der Waals surface area contributed by atoms with Crippen LogP contribution >= 0.6 is 0 Å². The van der Waals surface area contributed by atoms with E-state index in [-0.39, 0.29) is 22.3 Å². The molecule has 1 aliphatic rings. The Kier molecular flexibility index (Phi) is 4.19. The first-order chi connectivity index (χ1) is 9.35. The summed E-state index contributed by atoms with van der Waals surface area (Å²) >= 11 is 0. The largest absolute Gasteiger partial charge is 0.492 e. The minimum absolute atomic E-state index is 0.0388. The molecule has 0 heterocycles. The Labute approximate surface area is 118 Å². The lowest BCUT2D eigenvalue weighted by Gasteiger charge is -2.13. The Morgan fingerprint density at radius 3 is 2.65 bits per heavy atom. The number of sulfonamides is 1. The third kappa shape index (κ3) is 3.21. The Hall–Kier alpha value is -1.34. The molecule has 0 aromatic heterocycles. The van der Waals surface area contributed by atoms with Crippen LogP contribution in [0.4, 0.5) is 10.1 Å². The van der Waals surface area contributed by atoms with Gasteiger partial charge >= 0.3 is 0 Å². The van der Waals surface area contributed by atoms with Crippen LogP contribution in [0.1, 0.15) is 19.8 Å². The number of hydrogen-bond donors (Lipinski definition) is 2. The van der Waals surface area contributed by atoms with E-state index >= 15 is 0 Å². The predicted molar refractivity (Wildman–Crippen MR) is 74.4 cm³/mol. The zero-order valence-electron chi connectivity index (χ0n) is 11.5. The normalized spacial score (nSPS) is 16.9. The molecule has 0 bridgehead atoms. The fraction of sp³-hybridized carbons (Fsp3) is 0.538. The number of anilines is 1. The van der Waals surface area contributed by atoms with E-state index < -0.39 is 15.8 Å². The van der Waals surface area contributed by atoms with Crippen LogP contribution in [0.15, 0.2) is 17.0 Å². The molecule has 0 saturated heterocycles. The molecule has 5 nitrogen and oxygen atoms in total. The second kappa shape index (κ2) is 5.57. The van der Waals surface area contributed by atoms with E-state index in [1.807, 2.05) is 6.92 Å². The monoisotopic (exact) mass is 302 g/mol. The lowest BCUT2D eigenvalue weighted by atomic mass is 10.1. The van der Waals surface area contributed by atoms with Gasteiger partial charge in [-0.05, 0) is 36.8 Å². The maximum Gasteiger partial charge on any atom is 0.240 e. The lowest BCUT2D eigenvalue weighted by molar-refractivity contribution is 0.388. The van der Waals surface area contributed by atoms with Crippen molar-refractivity contribution in [3.05, 3.63) is 17.9 Å². The van der Waals surface area contributed by atoms with Gasteiger partial charge in [0, 0.05) is 6.54 Å². The zero-order valence-corrected chi connectivity index (χ0v) is 12.3. The predicted octanol–water partition coefficient (Wildman–Crippen LogP) is 1.74. The fourth-order valence-electron chi connectivity index (χ4n) is 2.12. The van der Waals surface area contributed by atoms with Crippen molar-refractivity contribution in [2.45, 2.75) is 24.7 Å². The molecule has 20 heavy (non-hydrogen) atoms. The number of ether oxygens (including phenoxy) is 1. The van der Waals surface area contributed by atoms with Crippen LogP contribution in [0.25, 0.3) is 0 Å². The highest BCUT2D eigenvalue weighted by Gasteiger charge is 2.29. The average Bonchev–Trinajstić information content (AvgIpc) is 3.20. The molecule has 112 valence electrons. The van der Waals surface area contributed by atoms with Crippen molar-refractivity contribution in [1.82, 2.24) is 4.72 Å². The van der Waals surface area contributed by atoms with E-state index in [0.29, 0.717) is 12.5 Å². The number of hydrogen-bond acceptors (Lipinski definition) is 4. The minimum Gasteiger partial charge on any atom is -0.492 e. The average molecular weight is 302 g/mol. The first-order valence-electron chi connectivity index (χ1n) is 6.48. The third-order valence-corrected chi connectivity index (χ3v) is 4.99. The number of nitrogens with two attached hydrogens (primary N) is 1. The van der Waals surface area contributed by atoms with E-state index in [0.717, 1.165) is 18.9 Å². The van der Waals surface area contributed by atoms with Crippen LogP contribution in [0.5, 0.6) is 5.75 Å². The summed E-state index contributed by atoms with van der Waals surface area (Å²) in [7, 11) is -2.48. The molecule has 3 N–H and O–H groups in total. The summed E-state index contributed by atoms with van der Waals surface area (Å²) in [6.45, 7) is 2.35. The van der Waals surface area contributed by atoms with Crippen LogP contribution in [0.3, 0.4) is 0 Å². The van der Waals surface area contributed by atoms with Crippen molar-refractivity contribution in [3.8, 4) is 5.75 Å². The van der Waals surface area contributed by atoms with Gasteiger partial charge < -0.3 is 10.5 Å². The molecule has 0 amide bonds. The van der Waals surface area contributed by atoms with Crippen LogP contribution in [-0.4, -0.2) is 22.1 Å². The van der Waals surface area contributed by atoms with Gasteiger partial charge in [0.2, 0.25) is 10.0 Å². The smallest absolute Gasteiger partial charge is 0.240 e. The first kappa shape index (κ1) is 15.1. The Morgan fingerprint density at radius 2 is 2.15 bits per heavy atom. The third-order valence-electron chi connectivity index (χ3n) is 3.58. The summed E-state index contributed by atoms with van der Waals surface area (Å²) in [5.41, 5.74) is 5.55. The van der Waals surface area contributed by atoms with Crippen LogP contribution in [-0.2, 0) is 10.0 Å². The van der Waals surface area contributed by atoms with Crippen LogP contribution in [0, 0.1) is 17.7 Å². The highest BCUT2D eigenvalue weighted by Crippen LogP contribution is 2.36. The Bertz CT molecular complexity index is 577. The molecule has 1 aromatic rings. The quantitative estimate of drug-likeness (QED) is 0.784. The minimum atomic E-state index is -3.76. The Balaban J connectivity index is 2.16. The number of nitrogen functional groups attached to an aromatic ring is 1. The molecular weight excluding hydrogens is 283 g/mol. The molecule has 0 aliphatic heterocycles. The standard InChI is InChI=1S/C13H19FN2O3S/c1-8(9-3-4-9)7-16-20(17,18)10-5-11(14)13(19-2)12(15)6-10/h5-6,8-9,16H,3-4,7,15H2,1-2H3. The number of methoxy groups -OCH3 is 1. The molecule has 1 saturated carbocycles. The molecule has 1 aromatic carbocycles. The van der Waals surface area contributed by atoms with Gasteiger partial charge in [-0.15, -0.1) is 0 Å². The van der Waals surface area contributed by atoms with E-state index in [9.17, 15) is 12.8 Å². The fourth-order valence-corrected chi connectivity index (χ4v) is 3.31. The molecule has 1 fully saturated rings. The molecule has 1 unspecified atom stereocenters. The van der Waals surface area contributed by atoms with Gasteiger partial charge in [-0.3, -0.25) is 0 Å². The van der Waals surface area contributed by atoms with E-state index in [1.165, 1.54) is 13.2 Å². The van der Waals surface area contributed by atoms with Gasteiger partial charge in [0.25, 0.3) is 0 Å². The summed E-state index contributed by atoms with van der Waals surface area (Å²) in [6, 6.07) is 2.12. The van der Waals surface area contributed by atoms with Crippen LogP contribution in [0.2, 0.25) is 0 Å². The van der Waals surface area contributed by atoms with Crippen molar-refractivity contribution < 1.29 is 17.5 Å². The maximum atomic E-state index is 13.7. The zero-order chi connectivity index (χ0) is 14.9. The van der Waals surface area contributed by atoms with Gasteiger partial charge in [-0.25, -0.2) is 17.5 Å². The van der Waals surface area contributed by atoms with Gasteiger partial charge in [-0.2, -0.15) is 0 Å². The van der Waals surface area contributed by atoms with Gasteiger partial charge in [0.15, 0.2) is 11.6 Å². The second-order valence-corrected chi connectivity index (χ2v) is 6.96. The summed E-state index contributed by atoms with van der Waals surface area (Å²) in [4.78, 5) is -0.184. The first-order valence-corrected chi connectivity index (χ1v) is 7.96. The molecular formula is C13H19FN2O3S. The maximum absolute atomic E-state index is 13.7. The van der Waals surface area contributed by atoms with Crippen molar-refractivity contribution in [2.24, 2.45) is 11.8 Å². The topological polar surface area (TPSA) is 81.4 Å². The van der Waals surface area contributed by atoms with E-state index in [4.69, 9.17) is 10.5 Å². The number of nitrogens with one attached hydrogen (secondary N) is 1. The lowest BCUT2D eigenvalue weighted by Crippen LogP contribution is -2.29.